The first-order valence-corrected chi connectivity index (χ1v) is 9.23. The first kappa shape index (κ1) is 20.4. The lowest BCUT2D eigenvalue weighted by Crippen LogP contribution is -2.29. The molecule has 1 amide bonds. The molecule has 3 nitrogen and oxygen atoms in total. The maximum absolute atomic E-state index is 11.7. The summed E-state index contributed by atoms with van der Waals surface area (Å²) in [7, 11) is 0. The van der Waals surface area contributed by atoms with Gasteiger partial charge in [0.05, 0.1) is 0 Å². The van der Waals surface area contributed by atoms with Gasteiger partial charge >= 0.3 is 0 Å². The van der Waals surface area contributed by atoms with Crippen molar-refractivity contribution in [1.82, 2.24) is 10.2 Å². The molecule has 0 aliphatic heterocycles. The number of carbonyl (C=O) groups excluding carboxylic acids is 1. The van der Waals surface area contributed by atoms with Crippen molar-refractivity contribution in [3.63, 3.8) is 0 Å². The van der Waals surface area contributed by atoms with E-state index in [-0.39, 0.29) is 5.91 Å². The van der Waals surface area contributed by atoms with E-state index in [0.717, 1.165) is 39.0 Å². The summed E-state index contributed by atoms with van der Waals surface area (Å²) >= 11 is 0. The van der Waals surface area contributed by atoms with Gasteiger partial charge in [-0.15, -0.1) is 0 Å². The van der Waals surface area contributed by atoms with Gasteiger partial charge in [0.1, 0.15) is 0 Å². The number of nitrogens with one attached hydrogen (secondary N) is 1. The number of hydrogen-bond acceptors (Lipinski definition) is 2. The van der Waals surface area contributed by atoms with Gasteiger partial charge in [-0.1, -0.05) is 65.7 Å². The molecular formula is C18H38N2O. The van der Waals surface area contributed by atoms with Crippen molar-refractivity contribution in [1.29, 1.82) is 0 Å². The predicted octanol–water partition coefficient (Wildman–Crippen LogP) is 4.37. The van der Waals surface area contributed by atoms with Crippen molar-refractivity contribution in [3.8, 4) is 0 Å². The standard InChI is InChI=1S/C18H38N2O/c1-4-7-8-9-10-11-12-13-15-18(21)19-16-14-17-20(5-2)6-3/h4-17H2,1-3H3,(H,19,21). The minimum Gasteiger partial charge on any atom is -0.356 e. The van der Waals surface area contributed by atoms with Crippen molar-refractivity contribution in [2.75, 3.05) is 26.2 Å². The second-order valence-corrected chi connectivity index (χ2v) is 5.96. The first-order chi connectivity index (χ1) is 10.2. The summed E-state index contributed by atoms with van der Waals surface area (Å²) in [5.41, 5.74) is 0. The lowest BCUT2D eigenvalue weighted by molar-refractivity contribution is -0.121. The number of nitrogens with zero attached hydrogens (tertiary/aromatic N) is 1. The van der Waals surface area contributed by atoms with Gasteiger partial charge in [0.15, 0.2) is 0 Å². The SMILES string of the molecule is CCCCCCCCCCC(=O)NCCCN(CC)CC. The largest absolute Gasteiger partial charge is 0.356 e. The second-order valence-electron chi connectivity index (χ2n) is 5.96. The molecule has 0 saturated heterocycles. The molecule has 0 aliphatic carbocycles. The maximum Gasteiger partial charge on any atom is 0.219 e. The predicted molar refractivity (Wildman–Crippen MR) is 92.6 cm³/mol. The Morgan fingerprint density at radius 2 is 1.38 bits per heavy atom. The molecule has 0 bridgehead atoms. The van der Waals surface area contributed by atoms with Crippen LogP contribution in [0.1, 0.15) is 85.0 Å². The van der Waals surface area contributed by atoms with Crippen LogP contribution in [0.25, 0.3) is 0 Å². The van der Waals surface area contributed by atoms with Crippen molar-refractivity contribution < 1.29 is 4.79 Å². The van der Waals surface area contributed by atoms with Crippen LogP contribution in [0, 0.1) is 0 Å². The zero-order chi connectivity index (χ0) is 15.8. The Kier molecular flexibility index (Phi) is 15.4. The van der Waals surface area contributed by atoms with Crippen LogP contribution < -0.4 is 5.32 Å². The third-order valence-electron chi connectivity index (χ3n) is 4.13. The molecule has 0 saturated carbocycles. The highest BCUT2D eigenvalue weighted by Gasteiger charge is 2.02. The number of unbranched alkanes of at least 4 members (excludes halogenated alkanes) is 7. The summed E-state index contributed by atoms with van der Waals surface area (Å²) in [5.74, 6) is 0.237. The van der Waals surface area contributed by atoms with Gasteiger partial charge in [-0.2, -0.15) is 0 Å². The zero-order valence-corrected chi connectivity index (χ0v) is 14.8. The molecule has 0 atom stereocenters. The summed E-state index contributed by atoms with van der Waals surface area (Å²) in [6.45, 7) is 10.7. The third-order valence-corrected chi connectivity index (χ3v) is 4.13. The summed E-state index contributed by atoms with van der Waals surface area (Å²) < 4.78 is 0. The molecule has 1 N–H and O–H groups in total. The minimum atomic E-state index is 0.237. The van der Waals surface area contributed by atoms with E-state index in [9.17, 15) is 4.79 Å². The molecule has 0 heterocycles. The lowest BCUT2D eigenvalue weighted by atomic mass is 10.1. The molecule has 0 aromatic carbocycles. The number of rotatable bonds is 15. The van der Waals surface area contributed by atoms with Gasteiger partial charge in [-0.25, -0.2) is 0 Å². The van der Waals surface area contributed by atoms with Crippen molar-refractivity contribution in [2.45, 2.75) is 85.0 Å². The molecule has 0 aromatic rings. The average molecular weight is 299 g/mol. The topological polar surface area (TPSA) is 32.3 Å². The van der Waals surface area contributed by atoms with Crippen LogP contribution in [-0.4, -0.2) is 37.0 Å². The van der Waals surface area contributed by atoms with Crippen LogP contribution >= 0.6 is 0 Å². The molecule has 0 aliphatic rings. The fourth-order valence-corrected chi connectivity index (χ4v) is 2.58. The quantitative estimate of drug-likeness (QED) is 0.455. The van der Waals surface area contributed by atoms with E-state index in [0.29, 0.717) is 6.42 Å². The molecular weight excluding hydrogens is 260 g/mol. The van der Waals surface area contributed by atoms with Crippen LogP contribution in [-0.2, 0) is 4.79 Å². The Bertz CT molecular complexity index is 227. The fourth-order valence-electron chi connectivity index (χ4n) is 2.58. The van der Waals surface area contributed by atoms with Crippen LogP contribution in [0.15, 0.2) is 0 Å². The molecule has 0 radical (unpaired) electrons. The van der Waals surface area contributed by atoms with E-state index in [1.54, 1.807) is 0 Å². The van der Waals surface area contributed by atoms with Gasteiger partial charge in [-0.05, 0) is 32.5 Å². The third kappa shape index (κ3) is 14.1. The Hall–Kier alpha value is -0.570. The molecule has 3 heteroatoms. The zero-order valence-electron chi connectivity index (χ0n) is 14.8. The van der Waals surface area contributed by atoms with Crippen LogP contribution in [0.2, 0.25) is 0 Å². The van der Waals surface area contributed by atoms with Crippen molar-refractivity contribution >= 4 is 5.91 Å². The van der Waals surface area contributed by atoms with Crippen molar-refractivity contribution in [2.24, 2.45) is 0 Å². The Labute approximate surface area is 132 Å². The highest BCUT2D eigenvalue weighted by Crippen LogP contribution is 2.09. The second kappa shape index (κ2) is 15.8. The number of hydrogen-bond donors (Lipinski definition) is 1. The number of carbonyl (C=O) groups is 1. The Morgan fingerprint density at radius 1 is 0.810 bits per heavy atom. The summed E-state index contributed by atoms with van der Waals surface area (Å²) in [4.78, 5) is 14.1. The molecule has 126 valence electrons. The highest BCUT2D eigenvalue weighted by molar-refractivity contribution is 5.75. The first-order valence-electron chi connectivity index (χ1n) is 9.23. The molecule has 0 fully saturated rings. The van der Waals surface area contributed by atoms with Gasteiger partial charge in [0.2, 0.25) is 5.91 Å². The summed E-state index contributed by atoms with van der Waals surface area (Å²) in [6, 6.07) is 0. The van der Waals surface area contributed by atoms with E-state index >= 15 is 0 Å². The summed E-state index contributed by atoms with van der Waals surface area (Å²) in [6.07, 6.45) is 12.1. The maximum atomic E-state index is 11.7. The fraction of sp³-hybridized carbons (Fsp3) is 0.944. The van der Waals surface area contributed by atoms with E-state index in [2.05, 4.69) is 31.0 Å². The van der Waals surface area contributed by atoms with E-state index in [4.69, 9.17) is 0 Å². The normalized spacial score (nSPS) is 11.0. The summed E-state index contributed by atoms with van der Waals surface area (Å²) in [5, 5.41) is 3.04. The molecule has 21 heavy (non-hydrogen) atoms. The van der Waals surface area contributed by atoms with Crippen LogP contribution in [0.3, 0.4) is 0 Å². The molecule has 0 rings (SSSR count). The van der Waals surface area contributed by atoms with Crippen molar-refractivity contribution in [3.05, 3.63) is 0 Å². The van der Waals surface area contributed by atoms with E-state index in [1.807, 2.05) is 0 Å². The van der Waals surface area contributed by atoms with E-state index < -0.39 is 0 Å². The Balaban J connectivity index is 3.27. The van der Waals surface area contributed by atoms with Crippen LogP contribution in [0.5, 0.6) is 0 Å². The monoisotopic (exact) mass is 298 g/mol. The van der Waals surface area contributed by atoms with E-state index in [1.165, 1.54) is 44.9 Å². The lowest BCUT2D eigenvalue weighted by Gasteiger charge is -2.17. The molecule has 0 spiro atoms. The smallest absolute Gasteiger partial charge is 0.219 e. The van der Waals surface area contributed by atoms with Gasteiger partial charge in [0.25, 0.3) is 0 Å². The number of amides is 1. The van der Waals surface area contributed by atoms with Crippen LogP contribution in [0.4, 0.5) is 0 Å². The minimum absolute atomic E-state index is 0.237. The molecule has 0 aromatic heterocycles. The Morgan fingerprint density at radius 3 is 1.95 bits per heavy atom. The average Bonchev–Trinajstić information content (AvgIpc) is 2.50. The van der Waals surface area contributed by atoms with Gasteiger partial charge in [0, 0.05) is 13.0 Å². The van der Waals surface area contributed by atoms with Gasteiger partial charge in [-0.3, -0.25) is 4.79 Å². The molecule has 0 unspecified atom stereocenters. The van der Waals surface area contributed by atoms with Gasteiger partial charge < -0.3 is 10.2 Å². The highest BCUT2D eigenvalue weighted by atomic mass is 16.1.